The highest BCUT2D eigenvalue weighted by Gasteiger charge is 2.44. The summed E-state index contributed by atoms with van der Waals surface area (Å²) in [6.45, 7) is 2.22. The average molecular weight is 279 g/mol. The molecule has 3 N–H and O–H groups in total. The van der Waals surface area contributed by atoms with Crippen LogP contribution in [0.25, 0.3) is 0 Å². The van der Waals surface area contributed by atoms with Gasteiger partial charge in [-0.3, -0.25) is 9.59 Å². The Morgan fingerprint density at radius 2 is 2.00 bits per heavy atom. The molecule has 2 unspecified atom stereocenters. The predicted octanol–water partition coefficient (Wildman–Crippen LogP) is 0.489. The molecule has 3 fully saturated rings. The molecule has 0 bridgehead atoms. The summed E-state index contributed by atoms with van der Waals surface area (Å²) in [4.78, 5) is 26.5. The van der Waals surface area contributed by atoms with E-state index in [0.717, 1.165) is 51.6 Å². The maximum Gasteiger partial charge on any atom is 0.226 e. The van der Waals surface area contributed by atoms with Gasteiger partial charge in [-0.05, 0) is 51.0 Å². The normalized spacial score (nSPS) is 37.5. The zero-order valence-electron chi connectivity index (χ0n) is 12.0. The summed E-state index contributed by atoms with van der Waals surface area (Å²) in [5.74, 6) is 1.22. The van der Waals surface area contributed by atoms with E-state index in [1.165, 1.54) is 0 Å². The number of nitrogens with two attached hydrogens (primary N) is 1. The number of piperidine rings is 1. The minimum absolute atomic E-state index is 0.0353. The van der Waals surface area contributed by atoms with Crippen LogP contribution in [0.15, 0.2) is 0 Å². The van der Waals surface area contributed by atoms with E-state index in [9.17, 15) is 9.59 Å². The fourth-order valence-electron chi connectivity index (χ4n) is 4.10. The Kier molecular flexibility index (Phi) is 3.96. The second kappa shape index (κ2) is 5.72. The molecule has 0 aromatic rings. The van der Waals surface area contributed by atoms with Crippen LogP contribution in [-0.4, -0.2) is 42.4 Å². The summed E-state index contributed by atoms with van der Waals surface area (Å²) in [6, 6.07) is 0.107. The van der Waals surface area contributed by atoms with Crippen LogP contribution in [0.4, 0.5) is 0 Å². The number of likely N-dealkylation sites (tertiary alicyclic amines) is 1. The number of carbonyl (C=O) groups is 2. The summed E-state index contributed by atoms with van der Waals surface area (Å²) in [5, 5.41) is 2.92. The third-order valence-corrected chi connectivity index (χ3v) is 5.41. The van der Waals surface area contributed by atoms with Crippen LogP contribution in [0.1, 0.15) is 38.5 Å². The third kappa shape index (κ3) is 2.43. The number of nitrogens with zero attached hydrogens (tertiary/aromatic N) is 1. The first-order valence-corrected chi connectivity index (χ1v) is 7.99. The Balaban J connectivity index is 1.63. The Morgan fingerprint density at radius 3 is 2.70 bits per heavy atom. The lowest BCUT2D eigenvalue weighted by atomic mass is 9.80. The summed E-state index contributed by atoms with van der Waals surface area (Å²) in [6.07, 6.45) is 5.97. The lowest BCUT2D eigenvalue weighted by Gasteiger charge is -2.39. The second-order valence-electron chi connectivity index (χ2n) is 6.55. The Labute approximate surface area is 120 Å². The molecule has 1 saturated carbocycles. The highest BCUT2D eigenvalue weighted by molar-refractivity contribution is 5.85. The van der Waals surface area contributed by atoms with Gasteiger partial charge in [-0.1, -0.05) is 0 Å². The molecule has 0 radical (unpaired) electrons. The van der Waals surface area contributed by atoms with Gasteiger partial charge in [-0.2, -0.15) is 0 Å². The number of carbonyl (C=O) groups excluding carboxylic acids is 2. The summed E-state index contributed by atoms with van der Waals surface area (Å²) >= 11 is 0. The van der Waals surface area contributed by atoms with Crippen LogP contribution in [0.2, 0.25) is 0 Å². The van der Waals surface area contributed by atoms with Crippen LogP contribution >= 0.6 is 0 Å². The molecule has 0 aromatic carbocycles. The van der Waals surface area contributed by atoms with Crippen molar-refractivity contribution in [1.82, 2.24) is 10.2 Å². The summed E-state index contributed by atoms with van der Waals surface area (Å²) in [5.41, 5.74) is 5.71. The molecule has 2 heterocycles. The van der Waals surface area contributed by atoms with Gasteiger partial charge in [-0.25, -0.2) is 0 Å². The van der Waals surface area contributed by atoms with Crippen LogP contribution in [0, 0.1) is 17.8 Å². The van der Waals surface area contributed by atoms with Crippen molar-refractivity contribution in [2.45, 2.75) is 44.6 Å². The molecule has 5 nitrogen and oxygen atoms in total. The summed E-state index contributed by atoms with van der Waals surface area (Å²) < 4.78 is 0. The maximum absolute atomic E-state index is 12.8. The van der Waals surface area contributed by atoms with Gasteiger partial charge in [0, 0.05) is 19.0 Å². The van der Waals surface area contributed by atoms with Crippen molar-refractivity contribution < 1.29 is 9.59 Å². The van der Waals surface area contributed by atoms with Gasteiger partial charge < -0.3 is 16.0 Å². The van der Waals surface area contributed by atoms with E-state index in [2.05, 4.69) is 5.32 Å². The van der Waals surface area contributed by atoms with E-state index < -0.39 is 0 Å². The molecule has 0 spiro atoms. The van der Waals surface area contributed by atoms with Crippen molar-refractivity contribution in [3.63, 3.8) is 0 Å². The number of rotatable bonds is 2. The first kappa shape index (κ1) is 13.9. The molecule has 112 valence electrons. The molecule has 1 aliphatic carbocycles. The Morgan fingerprint density at radius 1 is 1.25 bits per heavy atom. The molecule has 2 aliphatic heterocycles. The highest BCUT2D eigenvalue weighted by atomic mass is 16.2. The Bertz CT molecular complexity index is 391. The van der Waals surface area contributed by atoms with Gasteiger partial charge in [0.15, 0.2) is 0 Å². The quantitative estimate of drug-likeness (QED) is 0.772. The lowest BCUT2D eigenvalue weighted by molar-refractivity contribution is -0.142. The lowest BCUT2D eigenvalue weighted by Crippen LogP contribution is -2.51. The number of hydrogen-bond acceptors (Lipinski definition) is 3. The molecule has 0 aromatic heterocycles. The smallest absolute Gasteiger partial charge is 0.226 e. The molecular formula is C15H25N3O2. The standard InChI is InChI=1S/C15H25N3O2/c16-8-10-3-5-11(6-4-10)15(20)18-7-1-2-12-13(18)9-17-14(12)19/h10-13H,1-9,16H2,(H,17,19). The zero-order chi connectivity index (χ0) is 14.1. The van der Waals surface area contributed by atoms with Gasteiger partial charge in [0.1, 0.15) is 0 Å². The van der Waals surface area contributed by atoms with Crippen molar-refractivity contribution in [3.05, 3.63) is 0 Å². The number of hydrogen-bond donors (Lipinski definition) is 2. The van der Waals surface area contributed by atoms with Crippen LogP contribution < -0.4 is 11.1 Å². The fourth-order valence-corrected chi connectivity index (χ4v) is 4.10. The first-order valence-electron chi connectivity index (χ1n) is 7.99. The predicted molar refractivity (Wildman–Crippen MR) is 75.7 cm³/mol. The average Bonchev–Trinajstić information content (AvgIpc) is 2.88. The van der Waals surface area contributed by atoms with E-state index in [1.54, 1.807) is 0 Å². The van der Waals surface area contributed by atoms with Crippen molar-refractivity contribution >= 4 is 11.8 Å². The minimum Gasteiger partial charge on any atom is -0.354 e. The fraction of sp³-hybridized carbons (Fsp3) is 0.867. The third-order valence-electron chi connectivity index (χ3n) is 5.41. The summed E-state index contributed by atoms with van der Waals surface area (Å²) in [7, 11) is 0. The van der Waals surface area contributed by atoms with E-state index in [1.807, 2.05) is 4.90 Å². The number of fused-ring (bicyclic) bond motifs is 1. The van der Waals surface area contributed by atoms with E-state index >= 15 is 0 Å². The molecule has 2 atom stereocenters. The topological polar surface area (TPSA) is 75.4 Å². The zero-order valence-corrected chi connectivity index (χ0v) is 12.0. The Hall–Kier alpha value is -1.10. The maximum atomic E-state index is 12.8. The number of nitrogens with one attached hydrogen (secondary N) is 1. The van der Waals surface area contributed by atoms with Gasteiger partial charge in [0.05, 0.1) is 12.0 Å². The second-order valence-corrected chi connectivity index (χ2v) is 6.55. The van der Waals surface area contributed by atoms with Gasteiger partial charge in [0.25, 0.3) is 0 Å². The molecule has 20 heavy (non-hydrogen) atoms. The first-order chi connectivity index (χ1) is 9.70. The van der Waals surface area contributed by atoms with Crippen molar-refractivity contribution in [2.75, 3.05) is 19.6 Å². The highest BCUT2D eigenvalue weighted by Crippen LogP contribution is 2.33. The van der Waals surface area contributed by atoms with Crippen LogP contribution in [0.3, 0.4) is 0 Å². The van der Waals surface area contributed by atoms with Crippen molar-refractivity contribution in [2.24, 2.45) is 23.5 Å². The molecule has 2 saturated heterocycles. The molecule has 5 heteroatoms. The van der Waals surface area contributed by atoms with E-state index in [-0.39, 0.29) is 29.7 Å². The van der Waals surface area contributed by atoms with Crippen LogP contribution in [-0.2, 0) is 9.59 Å². The van der Waals surface area contributed by atoms with E-state index in [4.69, 9.17) is 5.73 Å². The monoisotopic (exact) mass is 279 g/mol. The van der Waals surface area contributed by atoms with Crippen LogP contribution in [0.5, 0.6) is 0 Å². The molecule has 2 amide bonds. The van der Waals surface area contributed by atoms with Gasteiger partial charge >= 0.3 is 0 Å². The number of amides is 2. The SMILES string of the molecule is NCC1CCC(C(=O)N2CCCC3C(=O)NCC32)CC1. The molecule has 3 aliphatic rings. The van der Waals surface area contributed by atoms with Gasteiger partial charge in [-0.15, -0.1) is 0 Å². The minimum atomic E-state index is 0.0353. The van der Waals surface area contributed by atoms with Crippen molar-refractivity contribution in [3.8, 4) is 0 Å². The van der Waals surface area contributed by atoms with E-state index in [0.29, 0.717) is 12.5 Å². The molecule has 3 rings (SSSR count). The van der Waals surface area contributed by atoms with Gasteiger partial charge in [0.2, 0.25) is 11.8 Å². The molecular weight excluding hydrogens is 254 g/mol. The largest absolute Gasteiger partial charge is 0.354 e. The van der Waals surface area contributed by atoms with Crippen molar-refractivity contribution in [1.29, 1.82) is 0 Å².